The third kappa shape index (κ3) is 3.85. The summed E-state index contributed by atoms with van der Waals surface area (Å²) in [6, 6.07) is 0.325. The lowest BCUT2D eigenvalue weighted by Crippen LogP contribution is -2.22. The van der Waals surface area contributed by atoms with Crippen LogP contribution in [0.5, 0.6) is 6.01 Å². The molecule has 0 aliphatic carbocycles. The van der Waals surface area contributed by atoms with Gasteiger partial charge in [-0.1, -0.05) is 6.92 Å². The Morgan fingerprint density at radius 2 is 1.88 bits per heavy atom. The van der Waals surface area contributed by atoms with Crippen LogP contribution in [0.2, 0.25) is 0 Å². The molecule has 0 fully saturated rings. The zero-order chi connectivity index (χ0) is 12.0. The number of hydrazine groups is 1. The molecule has 1 rings (SSSR count). The number of rotatable bonds is 6. The van der Waals surface area contributed by atoms with Crippen LogP contribution < -0.4 is 15.5 Å². The minimum absolute atomic E-state index is 0.325. The Morgan fingerprint density at radius 1 is 1.19 bits per heavy atom. The van der Waals surface area contributed by atoms with Crippen molar-refractivity contribution < 1.29 is 4.74 Å². The fourth-order valence-corrected chi connectivity index (χ4v) is 0.976. The molecule has 16 heavy (non-hydrogen) atoms. The molecule has 1 aromatic rings. The summed E-state index contributed by atoms with van der Waals surface area (Å²) in [6.45, 7) is 2.62. The second kappa shape index (κ2) is 6.06. The van der Waals surface area contributed by atoms with Gasteiger partial charge in [-0.2, -0.15) is 15.0 Å². The third-order valence-corrected chi connectivity index (χ3v) is 1.60. The smallest absolute Gasteiger partial charge is 0.323 e. The summed E-state index contributed by atoms with van der Waals surface area (Å²) in [4.78, 5) is 12.3. The molecule has 1 heterocycles. The van der Waals surface area contributed by atoms with Crippen molar-refractivity contribution >= 4 is 11.9 Å². The lowest BCUT2D eigenvalue weighted by molar-refractivity contribution is 0.291. The number of anilines is 2. The fourth-order valence-electron chi connectivity index (χ4n) is 0.976. The molecule has 0 amide bonds. The minimum Gasteiger partial charge on any atom is -0.463 e. The molecule has 0 aliphatic rings. The van der Waals surface area contributed by atoms with Gasteiger partial charge in [0.15, 0.2) is 0 Å². The summed E-state index contributed by atoms with van der Waals surface area (Å²) in [5.74, 6) is 0.931. The van der Waals surface area contributed by atoms with E-state index in [1.165, 1.54) is 0 Å². The Bertz CT molecular complexity index is 330. The second-order valence-electron chi connectivity index (χ2n) is 3.37. The highest BCUT2D eigenvalue weighted by Crippen LogP contribution is 2.10. The van der Waals surface area contributed by atoms with E-state index in [9.17, 15) is 0 Å². The summed E-state index contributed by atoms with van der Waals surface area (Å²) in [5.41, 5.74) is 2.95. The van der Waals surface area contributed by atoms with Crippen molar-refractivity contribution in [3.05, 3.63) is 0 Å². The third-order valence-electron chi connectivity index (χ3n) is 1.60. The Morgan fingerprint density at radius 3 is 2.44 bits per heavy atom. The number of hydrogen-bond donors (Lipinski definition) is 2. The number of hydrogen-bond acceptors (Lipinski definition) is 7. The average molecular weight is 226 g/mol. The summed E-state index contributed by atoms with van der Waals surface area (Å²) in [6.07, 6.45) is 0.914. The molecule has 0 spiro atoms. The quantitative estimate of drug-likeness (QED) is 0.687. The van der Waals surface area contributed by atoms with E-state index in [0.29, 0.717) is 24.5 Å². The van der Waals surface area contributed by atoms with Gasteiger partial charge in [-0.15, -0.1) is 0 Å². The SMILES string of the molecule is CCCOc1nc(NC)nc(NN(C)C)n1. The monoisotopic (exact) mass is 226 g/mol. The van der Waals surface area contributed by atoms with Gasteiger partial charge in [-0.25, -0.2) is 5.01 Å². The zero-order valence-electron chi connectivity index (χ0n) is 10.1. The molecular weight excluding hydrogens is 208 g/mol. The van der Waals surface area contributed by atoms with Crippen LogP contribution in [-0.2, 0) is 0 Å². The van der Waals surface area contributed by atoms with E-state index < -0.39 is 0 Å². The molecule has 0 aliphatic heterocycles. The van der Waals surface area contributed by atoms with Crippen LogP contribution in [0.25, 0.3) is 0 Å². The molecule has 90 valence electrons. The van der Waals surface area contributed by atoms with E-state index in [2.05, 4.69) is 25.7 Å². The van der Waals surface area contributed by atoms with Crippen molar-refractivity contribution in [3.8, 4) is 6.01 Å². The summed E-state index contributed by atoms with van der Waals surface area (Å²) >= 11 is 0. The Kier molecular flexibility index (Phi) is 4.71. The normalized spacial score (nSPS) is 10.3. The highest BCUT2D eigenvalue weighted by atomic mass is 16.5. The number of nitrogens with one attached hydrogen (secondary N) is 2. The van der Waals surface area contributed by atoms with Crippen molar-refractivity contribution in [1.29, 1.82) is 0 Å². The van der Waals surface area contributed by atoms with Crippen LogP contribution in [0.15, 0.2) is 0 Å². The summed E-state index contributed by atoms with van der Waals surface area (Å²) in [7, 11) is 5.46. The predicted octanol–water partition coefficient (Wildman–Crippen LogP) is 0.591. The van der Waals surface area contributed by atoms with Gasteiger partial charge in [-0.05, 0) is 6.42 Å². The standard InChI is InChI=1S/C9H18N6O/c1-5-6-16-9-12-7(10-2)11-8(13-9)14-15(3)4/h5-6H2,1-4H3,(H2,10,11,12,13,14). The van der Waals surface area contributed by atoms with Gasteiger partial charge in [0.2, 0.25) is 11.9 Å². The van der Waals surface area contributed by atoms with Crippen LogP contribution in [0.3, 0.4) is 0 Å². The van der Waals surface area contributed by atoms with Crippen LogP contribution in [-0.4, -0.2) is 47.7 Å². The van der Waals surface area contributed by atoms with E-state index >= 15 is 0 Å². The molecule has 0 saturated heterocycles. The topological polar surface area (TPSA) is 75.2 Å². The summed E-state index contributed by atoms with van der Waals surface area (Å²) < 4.78 is 5.36. The van der Waals surface area contributed by atoms with Crippen LogP contribution in [0.1, 0.15) is 13.3 Å². The minimum atomic E-state index is 0.325. The first-order valence-electron chi connectivity index (χ1n) is 5.16. The molecule has 0 bridgehead atoms. The molecule has 0 saturated carbocycles. The average Bonchev–Trinajstić information content (AvgIpc) is 2.25. The van der Waals surface area contributed by atoms with Gasteiger partial charge in [0.25, 0.3) is 0 Å². The van der Waals surface area contributed by atoms with Crippen LogP contribution in [0, 0.1) is 0 Å². The van der Waals surface area contributed by atoms with Crippen molar-refractivity contribution in [3.63, 3.8) is 0 Å². The van der Waals surface area contributed by atoms with E-state index in [1.807, 2.05) is 21.0 Å². The number of ether oxygens (including phenoxy) is 1. The molecule has 2 N–H and O–H groups in total. The first kappa shape index (κ1) is 12.4. The first-order valence-corrected chi connectivity index (χ1v) is 5.16. The van der Waals surface area contributed by atoms with Gasteiger partial charge < -0.3 is 10.1 Å². The molecule has 7 nitrogen and oxygen atoms in total. The van der Waals surface area contributed by atoms with Gasteiger partial charge in [0.1, 0.15) is 0 Å². The molecule has 0 unspecified atom stereocenters. The molecule has 7 heteroatoms. The lowest BCUT2D eigenvalue weighted by Gasteiger charge is -2.13. The van der Waals surface area contributed by atoms with Crippen molar-refractivity contribution in [1.82, 2.24) is 20.0 Å². The van der Waals surface area contributed by atoms with Gasteiger partial charge in [0, 0.05) is 21.1 Å². The maximum absolute atomic E-state index is 5.36. The highest BCUT2D eigenvalue weighted by Gasteiger charge is 2.06. The Hall–Kier alpha value is -1.63. The summed E-state index contributed by atoms with van der Waals surface area (Å²) in [5, 5.41) is 4.61. The van der Waals surface area contributed by atoms with Crippen LogP contribution >= 0.6 is 0 Å². The predicted molar refractivity (Wildman–Crippen MR) is 62.5 cm³/mol. The molecule has 0 aromatic carbocycles. The molecule has 1 aromatic heterocycles. The van der Waals surface area contributed by atoms with Crippen molar-refractivity contribution in [2.24, 2.45) is 0 Å². The number of aromatic nitrogens is 3. The molecular formula is C9H18N6O. The Labute approximate surface area is 95.2 Å². The van der Waals surface area contributed by atoms with Gasteiger partial charge in [0.05, 0.1) is 6.61 Å². The van der Waals surface area contributed by atoms with Gasteiger partial charge in [-0.3, -0.25) is 5.43 Å². The first-order chi connectivity index (χ1) is 7.65. The van der Waals surface area contributed by atoms with E-state index in [1.54, 1.807) is 12.1 Å². The number of nitrogens with zero attached hydrogens (tertiary/aromatic N) is 4. The van der Waals surface area contributed by atoms with Gasteiger partial charge >= 0.3 is 6.01 Å². The molecule has 0 atom stereocenters. The fraction of sp³-hybridized carbons (Fsp3) is 0.667. The van der Waals surface area contributed by atoms with Crippen molar-refractivity contribution in [2.75, 3.05) is 38.5 Å². The van der Waals surface area contributed by atoms with Crippen molar-refractivity contribution in [2.45, 2.75) is 13.3 Å². The van der Waals surface area contributed by atoms with E-state index in [0.717, 1.165) is 6.42 Å². The lowest BCUT2D eigenvalue weighted by atomic mass is 10.5. The Balaban J connectivity index is 2.82. The highest BCUT2D eigenvalue weighted by molar-refractivity contribution is 5.34. The van der Waals surface area contributed by atoms with E-state index in [-0.39, 0.29) is 0 Å². The largest absolute Gasteiger partial charge is 0.463 e. The molecule has 0 radical (unpaired) electrons. The van der Waals surface area contributed by atoms with Crippen LogP contribution in [0.4, 0.5) is 11.9 Å². The zero-order valence-corrected chi connectivity index (χ0v) is 10.1. The van der Waals surface area contributed by atoms with E-state index in [4.69, 9.17) is 4.74 Å². The maximum Gasteiger partial charge on any atom is 0.323 e. The maximum atomic E-state index is 5.36. The second-order valence-corrected chi connectivity index (χ2v) is 3.37.